The first-order valence-electron chi connectivity index (χ1n) is 5.90. The van der Waals surface area contributed by atoms with E-state index in [1.807, 2.05) is 24.3 Å². The lowest BCUT2D eigenvalue weighted by Gasteiger charge is -2.08. The van der Waals surface area contributed by atoms with E-state index in [4.69, 9.17) is 17.3 Å². The number of halogens is 3. The standard InChI is InChI=1S/C14H10BrClFN3/c15-9-5-13-12(6-11(9)17)19-14(18)20(13)7-8-3-1-2-4-10(8)16/h1-6H,7H2,(H2,18,19). The van der Waals surface area contributed by atoms with Crippen LogP contribution >= 0.6 is 27.5 Å². The average molecular weight is 355 g/mol. The predicted octanol–water partition coefficient (Wildman–Crippen LogP) is 4.22. The van der Waals surface area contributed by atoms with Crippen LogP contribution in [0.15, 0.2) is 40.9 Å². The van der Waals surface area contributed by atoms with E-state index in [2.05, 4.69) is 20.9 Å². The van der Waals surface area contributed by atoms with Gasteiger partial charge in [0.15, 0.2) is 0 Å². The van der Waals surface area contributed by atoms with Crippen LogP contribution in [0.3, 0.4) is 0 Å². The molecule has 0 bridgehead atoms. The van der Waals surface area contributed by atoms with Crippen molar-refractivity contribution in [2.45, 2.75) is 6.54 Å². The Balaban J connectivity index is 2.14. The van der Waals surface area contributed by atoms with Crippen LogP contribution in [-0.4, -0.2) is 9.55 Å². The van der Waals surface area contributed by atoms with Gasteiger partial charge in [0.1, 0.15) is 5.82 Å². The number of rotatable bonds is 2. The maximum Gasteiger partial charge on any atom is 0.201 e. The summed E-state index contributed by atoms with van der Waals surface area (Å²) in [7, 11) is 0. The zero-order valence-corrected chi connectivity index (χ0v) is 12.6. The minimum absolute atomic E-state index is 0.331. The molecule has 1 heterocycles. The van der Waals surface area contributed by atoms with Gasteiger partial charge in [-0.25, -0.2) is 9.37 Å². The fourth-order valence-corrected chi connectivity index (χ4v) is 2.63. The van der Waals surface area contributed by atoms with Crippen molar-refractivity contribution in [3.8, 4) is 0 Å². The highest BCUT2D eigenvalue weighted by molar-refractivity contribution is 9.10. The summed E-state index contributed by atoms with van der Waals surface area (Å²) in [4.78, 5) is 4.18. The van der Waals surface area contributed by atoms with Gasteiger partial charge in [-0.2, -0.15) is 0 Å². The minimum Gasteiger partial charge on any atom is -0.369 e. The highest BCUT2D eigenvalue weighted by Crippen LogP contribution is 2.27. The Morgan fingerprint density at radius 2 is 2.05 bits per heavy atom. The molecule has 3 rings (SSSR count). The number of hydrogen-bond acceptors (Lipinski definition) is 2. The summed E-state index contributed by atoms with van der Waals surface area (Å²) in [6.07, 6.45) is 0. The van der Waals surface area contributed by atoms with Crippen molar-refractivity contribution in [1.29, 1.82) is 0 Å². The van der Waals surface area contributed by atoms with Crippen LogP contribution in [0, 0.1) is 5.82 Å². The van der Waals surface area contributed by atoms with Gasteiger partial charge in [-0.05, 0) is 33.6 Å². The third-order valence-corrected chi connectivity index (χ3v) is 4.08. The zero-order chi connectivity index (χ0) is 14.3. The highest BCUT2D eigenvalue weighted by atomic mass is 79.9. The Morgan fingerprint density at radius 3 is 2.80 bits per heavy atom. The van der Waals surface area contributed by atoms with E-state index < -0.39 is 0 Å². The van der Waals surface area contributed by atoms with Crippen LogP contribution in [0.5, 0.6) is 0 Å². The van der Waals surface area contributed by atoms with Crippen molar-refractivity contribution in [3.05, 3.63) is 57.3 Å². The average Bonchev–Trinajstić information content (AvgIpc) is 2.69. The molecule has 20 heavy (non-hydrogen) atoms. The molecule has 2 N–H and O–H groups in total. The summed E-state index contributed by atoms with van der Waals surface area (Å²) in [5.74, 6) is -0.0303. The van der Waals surface area contributed by atoms with Crippen LogP contribution in [0.2, 0.25) is 5.02 Å². The predicted molar refractivity (Wildman–Crippen MR) is 82.4 cm³/mol. The molecular formula is C14H10BrClFN3. The molecule has 3 nitrogen and oxygen atoms in total. The number of hydrogen-bond donors (Lipinski definition) is 1. The van der Waals surface area contributed by atoms with Gasteiger partial charge in [-0.3, -0.25) is 0 Å². The van der Waals surface area contributed by atoms with E-state index in [0.717, 1.165) is 11.1 Å². The molecule has 0 atom stereocenters. The Hall–Kier alpha value is -1.59. The molecular weight excluding hydrogens is 345 g/mol. The lowest BCUT2D eigenvalue weighted by Crippen LogP contribution is -2.05. The first kappa shape index (κ1) is 13.4. The fraction of sp³-hybridized carbons (Fsp3) is 0.0714. The number of anilines is 1. The first-order valence-corrected chi connectivity index (χ1v) is 7.07. The smallest absolute Gasteiger partial charge is 0.201 e. The van der Waals surface area contributed by atoms with Crippen LogP contribution in [0.4, 0.5) is 10.3 Å². The van der Waals surface area contributed by atoms with E-state index in [1.54, 1.807) is 10.6 Å². The highest BCUT2D eigenvalue weighted by Gasteiger charge is 2.12. The minimum atomic E-state index is -0.361. The maximum atomic E-state index is 13.5. The summed E-state index contributed by atoms with van der Waals surface area (Å²) >= 11 is 9.33. The SMILES string of the molecule is Nc1nc2cc(F)c(Br)cc2n1Cc1ccccc1Cl. The van der Waals surface area contributed by atoms with Crippen molar-refractivity contribution in [3.63, 3.8) is 0 Å². The summed E-state index contributed by atoms with van der Waals surface area (Å²) in [5.41, 5.74) is 8.14. The van der Waals surface area contributed by atoms with Gasteiger partial charge in [0.05, 0.1) is 22.1 Å². The number of nitrogen functional groups attached to an aromatic ring is 1. The Morgan fingerprint density at radius 1 is 1.30 bits per heavy atom. The molecule has 0 unspecified atom stereocenters. The van der Waals surface area contributed by atoms with E-state index in [0.29, 0.717) is 27.5 Å². The normalized spacial score (nSPS) is 11.2. The first-order chi connectivity index (χ1) is 9.56. The second kappa shape index (κ2) is 5.07. The summed E-state index contributed by atoms with van der Waals surface area (Å²) in [6.45, 7) is 0.486. The second-order valence-corrected chi connectivity index (χ2v) is 5.66. The number of nitrogens with zero attached hydrogens (tertiary/aromatic N) is 2. The van der Waals surface area contributed by atoms with E-state index >= 15 is 0 Å². The summed E-state index contributed by atoms with van der Waals surface area (Å²) in [5, 5.41) is 0.662. The number of nitrogens with two attached hydrogens (primary N) is 1. The van der Waals surface area contributed by atoms with Crippen molar-refractivity contribution in [2.75, 3.05) is 5.73 Å². The van der Waals surface area contributed by atoms with Crippen LogP contribution in [0.25, 0.3) is 11.0 Å². The van der Waals surface area contributed by atoms with Gasteiger partial charge in [0.25, 0.3) is 0 Å². The van der Waals surface area contributed by atoms with Gasteiger partial charge >= 0.3 is 0 Å². The molecule has 3 aromatic rings. The lowest BCUT2D eigenvalue weighted by atomic mass is 10.2. The van der Waals surface area contributed by atoms with Crippen LogP contribution in [0.1, 0.15) is 5.56 Å². The third kappa shape index (κ3) is 2.27. The van der Waals surface area contributed by atoms with E-state index in [-0.39, 0.29) is 5.82 Å². The van der Waals surface area contributed by atoms with Gasteiger partial charge in [-0.15, -0.1) is 0 Å². The van der Waals surface area contributed by atoms with Gasteiger partial charge in [0, 0.05) is 11.1 Å². The number of imidazole rings is 1. The topological polar surface area (TPSA) is 43.8 Å². The summed E-state index contributed by atoms with van der Waals surface area (Å²) in [6, 6.07) is 10.6. The molecule has 2 aromatic carbocycles. The molecule has 0 spiro atoms. The number of fused-ring (bicyclic) bond motifs is 1. The molecule has 0 aliphatic carbocycles. The van der Waals surface area contributed by atoms with Crippen molar-refractivity contribution in [2.24, 2.45) is 0 Å². The molecule has 0 saturated carbocycles. The van der Waals surface area contributed by atoms with Crippen LogP contribution < -0.4 is 5.73 Å². The van der Waals surface area contributed by atoms with Crippen molar-refractivity contribution in [1.82, 2.24) is 9.55 Å². The molecule has 1 aromatic heterocycles. The molecule has 0 radical (unpaired) electrons. The van der Waals surface area contributed by atoms with Crippen molar-refractivity contribution < 1.29 is 4.39 Å². The fourth-order valence-electron chi connectivity index (χ4n) is 2.10. The largest absolute Gasteiger partial charge is 0.369 e. The van der Waals surface area contributed by atoms with E-state index in [9.17, 15) is 4.39 Å². The molecule has 102 valence electrons. The summed E-state index contributed by atoms with van der Waals surface area (Å²) < 4.78 is 15.7. The monoisotopic (exact) mass is 353 g/mol. The number of aromatic nitrogens is 2. The molecule has 0 amide bonds. The molecule has 0 fully saturated rings. The zero-order valence-electron chi connectivity index (χ0n) is 10.3. The quantitative estimate of drug-likeness (QED) is 0.749. The second-order valence-electron chi connectivity index (χ2n) is 4.40. The van der Waals surface area contributed by atoms with Crippen molar-refractivity contribution >= 4 is 44.5 Å². The van der Waals surface area contributed by atoms with Crippen LogP contribution in [-0.2, 0) is 6.54 Å². The lowest BCUT2D eigenvalue weighted by molar-refractivity contribution is 0.622. The van der Waals surface area contributed by atoms with Gasteiger partial charge < -0.3 is 10.3 Å². The third-order valence-electron chi connectivity index (χ3n) is 3.11. The van der Waals surface area contributed by atoms with E-state index in [1.165, 1.54) is 6.07 Å². The number of benzene rings is 2. The molecule has 0 aliphatic rings. The van der Waals surface area contributed by atoms with Gasteiger partial charge in [0.2, 0.25) is 5.95 Å². The maximum absolute atomic E-state index is 13.5. The Bertz CT molecular complexity index is 800. The Labute approximate surface area is 128 Å². The molecule has 0 saturated heterocycles. The molecule has 0 aliphatic heterocycles. The Kier molecular flexibility index (Phi) is 3.40. The van der Waals surface area contributed by atoms with Gasteiger partial charge in [-0.1, -0.05) is 29.8 Å². The molecule has 6 heteroatoms.